The van der Waals surface area contributed by atoms with Gasteiger partial charge < -0.3 is 9.88 Å². The van der Waals surface area contributed by atoms with E-state index in [9.17, 15) is 4.79 Å². The first-order valence-corrected chi connectivity index (χ1v) is 10.3. The van der Waals surface area contributed by atoms with E-state index >= 15 is 0 Å². The smallest absolute Gasteiger partial charge is 0.248 e. The zero-order chi connectivity index (χ0) is 20.3. The molecule has 3 aromatic carbocycles. The first-order chi connectivity index (χ1) is 14.8. The maximum atomic E-state index is 13.4. The van der Waals surface area contributed by atoms with Gasteiger partial charge in [0, 0.05) is 42.3 Å². The van der Waals surface area contributed by atoms with Gasteiger partial charge in [-0.1, -0.05) is 78.9 Å². The van der Waals surface area contributed by atoms with Crippen LogP contribution >= 0.6 is 0 Å². The van der Waals surface area contributed by atoms with Crippen LogP contribution in [-0.4, -0.2) is 34.6 Å². The van der Waals surface area contributed by atoms with Crippen molar-refractivity contribution < 1.29 is 4.79 Å². The molecule has 1 saturated heterocycles. The Hall–Kier alpha value is -3.66. The lowest BCUT2D eigenvalue weighted by Crippen LogP contribution is -2.28. The molecule has 1 aliphatic rings. The summed E-state index contributed by atoms with van der Waals surface area (Å²) in [6.45, 7) is 1.27. The number of carbonyl (C=O) groups is 1. The number of aromatic amines is 1. The second-order valence-electron chi connectivity index (χ2n) is 7.73. The molecule has 0 bridgehead atoms. The number of likely N-dealkylation sites (tertiary alicyclic amines) is 1. The fraction of sp³-hybridized carbons (Fsp3) is 0.154. The molecule has 0 saturated carbocycles. The van der Waals surface area contributed by atoms with E-state index in [0.717, 1.165) is 27.6 Å². The molecule has 148 valence electrons. The van der Waals surface area contributed by atoms with Gasteiger partial charge in [-0.15, -0.1) is 0 Å². The maximum Gasteiger partial charge on any atom is 0.248 e. The van der Waals surface area contributed by atoms with Crippen LogP contribution in [0.25, 0.3) is 10.9 Å². The minimum atomic E-state index is -0.423. The second kappa shape index (κ2) is 7.99. The van der Waals surface area contributed by atoms with E-state index in [4.69, 9.17) is 4.99 Å². The molecule has 0 unspecified atom stereocenters. The lowest BCUT2D eigenvalue weighted by Gasteiger charge is -2.16. The van der Waals surface area contributed by atoms with E-state index in [1.54, 1.807) is 0 Å². The van der Waals surface area contributed by atoms with E-state index in [1.165, 1.54) is 0 Å². The van der Waals surface area contributed by atoms with Crippen LogP contribution in [0.1, 0.15) is 22.6 Å². The molecule has 2 heterocycles. The van der Waals surface area contributed by atoms with Crippen molar-refractivity contribution in [2.75, 3.05) is 6.54 Å². The van der Waals surface area contributed by atoms with Crippen LogP contribution in [0.15, 0.2) is 96.1 Å². The highest BCUT2D eigenvalue weighted by Gasteiger charge is 2.41. The van der Waals surface area contributed by atoms with Gasteiger partial charge in [0.2, 0.25) is 5.91 Å². The highest BCUT2D eigenvalue weighted by Crippen LogP contribution is 2.35. The van der Waals surface area contributed by atoms with Crippen molar-refractivity contribution in [1.82, 2.24) is 9.88 Å². The molecule has 0 radical (unpaired) electrons. The Morgan fingerprint density at radius 1 is 0.933 bits per heavy atom. The molecule has 4 aromatic rings. The van der Waals surface area contributed by atoms with Gasteiger partial charge in [-0.2, -0.15) is 0 Å². The number of nitrogens with one attached hydrogen (secondary N) is 1. The minimum Gasteiger partial charge on any atom is -0.361 e. The summed E-state index contributed by atoms with van der Waals surface area (Å²) in [6, 6.07) is 27.9. The van der Waals surface area contributed by atoms with Gasteiger partial charge in [-0.3, -0.25) is 9.79 Å². The van der Waals surface area contributed by atoms with Crippen LogP contribution in [0.4, 0.5) is 0 Å². The Morgan fingerprint density at radius 3 is 2.43 bits per heavy atom. The molecular weight excluding hydrogens is 370 g/mol. The summed E-state index contributed by atoms with van der Waals surface area (Å²) in [5.41, 5.74) is 4.39. The van der Waals surface area contributed by atoms with Gasteiger partial charge in [0.25, 0.3) is 0 Å². The van der Waals surface area contributed by atoms with Crippen LogP contribution in [0.2, 0.25) is 0 Å². The van der Waals surface area contributed by atoms with Gasteiger partial charge >= 0.3 is 0 Å². The van der Waals surface area contributed by atoms with Crippen molar-refractivity contribution in [1.29, 1.82) is 0 Å². The summed E-state index contributed by atoms with van der Waals surface area (Å²) < 4.78 is 0. The first kappa shape index (κ1) is 18.4. The average molecular weight is 393 g/mol. The van der Waals surface area contributed by atoms with Crippen LogP contribution in [0.5, 0.6) is 0 Å². The van der Waals surface area contributed by atoms with Crippen molar-refractivity contribution in [3.8, 4) is 0 Å². The molecule has 1 amide bonds. The van der Waals surface area contributed by atoms with Crippen LogP contribution in [-0.2, 0) is 11.3 Å². The van der Waals surface area contributed by atoms with E-state index in [0.29, 0.717) is 13.1 Å². The third-order valence-electron chi connectivity index (χ3n) is 5.78. The SMILES string of the molecule is O=C1[C@@H](N=Cc2ccccc2)[C@H](c2c[nH]c3ccccc23)CN1Cc1ccccc1. The molecule has 1 N–H and O–H groups in total. The van der Waals surface area contributed by atoms with Crippen molar-refractivity contribution in [3.05, 3.63) is 108 Å². The van der Waals surface area contributed by atoms with Crippen LogP contribution in [0, 0.1) is 0 Å². The van der Waals surface area contributed by atoms with Gasteiger partial charge in [0.15, 0.2) is 0 Å². The number of hydrogen-bond acceptors (Lipinski definition) is 2. The Labute approximate surface area is 175 Å². The van der Waals surface area contributed by atoms with E-state index in [1.807, 2.05) is 78.0 Å². The van der Waals surface area contributed by atoms with Crippen molar-refractivity contribution >= 4 is 23.0 Å². The monoisotopic (exact) mass is 393 g/mol. The number of H-pyrrole nitrogens is 1. The van der Waals surface area contributed by atoms with Gasteiger partial charge in [0.1, 0.15) is 6.04 Å². The number of amides is 1. The molecule has 0 spiro atoms. The lowest BCUT2D eigenvalue weighted by atomic mass is 9.94. The quantitative estimate of drug-likeness (QED) is 0.487. The predicted octanol–water partition coefficient (Wildman–Crippen LogP) is 4.78. The fourth-order valence-electron chi connectivity index (χ4n) is 4.27. The molecule has 1 fully saturated rings. The largest absolute Gasteiger partial charge is 0.361 e. The third-order valence-corrected chi connectivity index (χ3v) is 5.78. The summed E-state index contributed by atoms with van der Waals surface area (Å²) in [6.07, 6.45) is 3.87. The summed E-state index contributed by atoms with van der Waals surface area (Å²) in [5.74, 6) is 0.0960. The van der Waals surface area contributed by atoms with Crippen molar-refractivity contribution in [3.63, 3.8) is 0 Å². The number of hydrogen-bond donors (Lipinski definition) is 1. The molecule has 0 aliphatic carbocycles. The Morgan fingerprint density at radius 2 is 1.63 bits per heavy atom. The summed E-state index contributed by atoms with van der Waals surface area (Å²) in [5, 5.41) is 1.16. The second-order valence-corrected chi connectivity index (χ2v) is 7.73. The van der Waals surface area contributed by atoms with Crippen molar-refractivity contribution in [2.24, 2.45) is 4.99 Å². The first-order valence-electron chi connectivity index (χ1n) is 10.3. The fourth-order valence-corrected chi connectivity index (χ4v) is 4.27. The maximum absolute atomic E-state index is 13.4. The van der Waals surface area contributed by atoms with E-state index in [2.05, 4.69) is 29.2 Å². The standard InChI is InChI=1S/C26H23N3O/c30-26-25(28-15-19-9-3-1-4-10-19)23(18-29(26)17-20-11-5-2-6-12-20)22-16-27-24-14-8-7-13-21(22)24/h1-16,23,25,27H,17-18H2/t23-,25-/m0/s1. The molecule has 1 aliphatic heterocycles. The molecule has 4 nitrogen and oxygen atoms in total. The number of nitrogens with zero attached hydrogens (tertiary/aromatic N) is 2. The van der Waals surface area contributed by atoms with E-state index in [-0.39, 0.29) is 11.8 Å². The Bertz CT molecular complexity index is 1180. The number of rotatable bonds is 5. The number of para-hydroxylation sites is 1. The van der Waals surface area contributed by atoms with Crippen molar-refractivity contribution in [2.45, 2.75) is 18.5 Å². The van der Waals surface area contributed by atoms with E-state index < -0.39 is 6.04 Å². The third kappa shape index (κ3) is 3.52. The zero-order valence-electron chi connectivity index (χ0n) is 16.6. The minimum absolute atomic E-state index is 0.0114. The highest BCUT2D eigenvalue weighted by atomic mass is 16.2. The van der Waals surface area contributed by atoms with Gasteiger partial charge in [-0.05, 0) is 22.8 Å². The number of aromatic nitrogens is 1. The number of carbonyl (C=O) groups excluding carboxylic acids is 1. The average Bonchev–Trinajstić information content (AvgIpc) is 3.35. The lowest BCUT2D eigenvalue weighted by molar-refractivity contribution is -0.129. The van der Waals surface area contributed by atoms with Gasteiger partial charge in [-0.25, -0.2) is 0 Å². The zero-order valence-corrected chi connectivity index (χ0v) is 16.6. The number of aliphatic imine (C=N–C) groups is 1. The highest BCUT2D eigenvalue weighted by molar-refractivity contribution is 5.92. The molecular formula is C26H23N3O. The molecule has 30 heavy (non-hydrogen) atoms. The Kier molecular flexibility index (Phi) is 4.89. The summed E-state index contributed by atoms with van der Waals surface area (Å²) in [7, 11) is 0. The Balaban J connectivity index is 1.50. The molecule has 5 rings (SSSR count). The number of fused-ring (bicyclic) bond motifs is 1. The topological polar surface area (TPSA) is 48.5 Å². The molecule has 1 aromatic heterocycles. The molecule has 2 atom stereocenters. The summed E-state index contributed by atoms with van der Waals surface area (Å²) >= 11 is 0. The summed E-state index contributed by atoms with van der Waals surface area (Å²) in [4.78, 5) is 23.5. The van der Waals surface area contributed by atoms with Crippen LogP contribution in [0.3, 0.4) is 0 Å². The predicted molar refractivity (Wildman–Crippen MR) is 121 cm³/mol. The van der Waals surface area contributed by atoms with Gasteiger partial charge in [0.05, 0.1) is 0 Å². The van der Waals surface area contributed by atoms with Crippen LogP contribution < -0.4 is 0 Å². The number of benzene rings is 3. The normalized spacial score (nSPS) is 19.2. The molecule has 4 heteroatoms.